The Morgan fingerprint density at radius 2 is 2.22 bits per heavy atom. The highest BCUT2D eigenvalue weighted by atomic mass is 32.1. The van der Waals surface area contributed by atoms with Gasteiger partial charge in [0.15, 0.2) is 0 Å². The van der Waals surface area contributed by atoms with Crippen molar-refractivity contribution in [3.8, 4) is 11.3 Å². The fraction of sp³-hybridized carbons (Fsp3) is 0.231. The lowest BCUT2D eigenvalue weighted by Gasteiger charge is -2.24. The first-order valence-electron chi connectivity index (χ1n) is 6.00. The second kappa shape index (κ2) is 3.90. The Morgan fingerprint density at radius 1 is 1.28 bits per heavy atom. The molecule has 18 heavy (non-hydrogen) atoms. The van der Waals surface area contributed by atoms with E-state index in [1.807, 2.05) is 6.07 Å². The number of benzene rings is 1. The van der Waals surface area contributed by atoms with Gasteiger partial charge in [0, 0.05) is 30.0 Å². The van der Waals surface area contributed by atoms with Crippen LogP contribution in [0.2, 0.25) is 0 Å². The van der Waals surface area contributed by atoms with Crippen LogP contribution in [-0.4, -0.2) is 28.0 Å². The molecule has 90 valence electrons. The summed E-state index contributed by atoms with van der Waals surface area (Å²) in [7, 11) is 0. The molecule has 0 bridgehead atoms. The smallest absolute Gasteiger partial charge is 0.0989 e. The Balaban J connectivity index is 1.74. The van der Waals surface area contributed by atoms with Crippen LogP contribution in [0.4, 0.5) is 0 Å². The SMILES string of the molecule is c1nc2ccc(-c3csc(C4CNC4)n3)cc2[nH]1. The largest absolute Gasteiger partial charge is 0.345 e. The Labute approximate surface area is 108 Å². The van der Waals surface area contributed by atoms with Crippen LogP contribution < -0.4 is 5.32 Å². The molecule has 1 saturated heterocycles. The molecule has 0 atom stereocenters. The molecule has 0 amide bonds. The van der Waals surface area contributed by atoms with E-state index in [1.165, 1.54) is 5.01 Å². The molecule has 1 aromatic carbocycles. The maximum absolute atomic E-state index is 4.74. The number of nitrogens with one attached hydrogen (secondary N) is 2. The number of thiazole rings is 1. The predicted molar refractivity (Wildman–Crippen MR) is 72.8 cm³/mol. The summed E-state index contributed by atoms with van der Waals surface area (Å²) in [6.45, 7) is 2.12. The standard InChI is InChI=1S/C13H12N4S/c1-2-10-11(16-7-15-10)3-8(1)12-6-18-13(17-12)9-4-14-5-9/h1-3,6-7,9,14H,4-5H2,(H,15,16). The highest BCUT2D eigenvalue weighted by molar-refractivity contribution is 7.10. The molecule has 5 heteroatoms. The molecule has 4 nitrogen and oxygen atoms in total. The third-order valence-electron chi connectivity index (χ3n) is 3.37. The van der Waals surface area contributed by atoms with Crippen LogP contribution in [0.5, 0.6) is 0 Å². The van der Waals surface area contributed by atoms with Crippen LogP contribution in [0, 0.1) is 0 Å². The number of nitrogens with zero attached hydrogens (tertiary/aromatic N) is 2. The Kier molecular flexibility index (Phi) is 2.21. The molecule has 0 aliphatic carbocycles. The lowest BCUT2D eigenvalue weighted by atomic mass is 10.1. The summed E-state index contributed by atoms with van der Waals surface area (Å²) in [5.74, 6) is 0.611. The number of imidazole rings is 1. The summed E-state index contributed by atoms with van der Waals surface area (Å²) in [5.41, 5.74) is 4.28. The molecule has 2 N–H and O–H groups in total. The van der Waals surface area contributed by atoms with Crippen molar-refractivity contribution in [2.45, 2.75) is 5.92 Å². The molecular formula is C13H12N4S. The molecule has 3 aromatic rings. The van der Waals surface area contributed by atoms with Crippen molar-refractivity contribution in [2.75, 3.05) is 13.1 Å². The Morgan fingerprint density at radius 3 is 3.06 bits per heavy atom. The van der Waals surface area contributed by atoms with Gasteiger partial charge in [-0.1, -0.05) is 6.07 Å². The van der Waals surface area contributed by atoms with E-state index in [0.717, 1.165) is 35.4 Å². The molecule has 3 heterocycles. The molecule has 0 spiro atoms. The summed E-state index contributed by atoms with van der Waals surface area (Å²) in [6.07, 6.45) is 1.72. The fourth-order valence-electron chi connectivity index (χ4n) is 2.17. The van der Waals surface area contributed by atoms with Gasteiger partial charge >= 0.3 is 0 Å². The van der Waals surface area contributed by atoms with Gasteiger partial charge in [-0.05, 0) is 12.1 Å². The van der Waals surface area contributed by atoms with Gasteiger partial charge in [-0.25, -0.2) is 9.97 Å². The average molecular weight is 256 g/mol. The van der Waals surface area contributed by atoms with Gasteiger partial charge in [0.1, 0.15) is 0 Å². The third kappa shape index (κ3) is 1.55. The molecule has 0 radical (unpaired) electrons. The summed E-state index contributed by atoms with van der Waals surface area (Å²) in [4.78, 5) is 12.1. The van der Waals surface area contributed by atoms with Gasteiger partial charge in [0.05, 0.1) is 28.1 Å². The summed E-state index contributed by atoms with van der Waals surface area (Å²) in [6, 6.07) is 6.23. The van der Waals surface area contributed by atoms with Crippen LogP contribution >= 0.6 is 11.3 Å². The Bertz CT molecular complexity index is 696. The van der Waals surface area contributed by atoms with Crippen LogP contribution in [-0.2, 0) is 0 Å². The third-order valence-corrected chi connectivity index (χ3v) is 4.38. The lowest BCUT2D eigenvalue weighted by Crippen LogP contribution is -2.39. The van der Waals surface area contributed by atoms with E-state index in [2.05, 4.69) is 32.8 Å². The van der Waals surface area contributed by atoms with Gasteiger partial charge in [-0.3, -0.25) is 0 Å². The first-order valence-corrected chi connectivity index (χ1v) is 6.88. The van der Waals surface area contributed by atoms with Crippen molar-refractivity contribution in [1.82, 2.24) is 20.3 Å². The van der Waals surface area contributed by atoms with E-state index in [0.29, 0.717) is 5.92 Å². The molecule has 4 rings (SSSR count). The van der Waals surface area contributed by atoms with E-state index < -0.39 is 0 Å². The topological polar surface area (TPSA) is 53.6 Å². The van der Waals surface area contributed by atoms with Crippen molar-refractivity contribution < 1.29 is 0 Å². The quantitative estimate of drug-likeness (QED) is 0.740. The lowest BCUT2D eigenvalue weighted by molar-refractivity contribution is 0.447. The van der Waals surface area contributed by atoms with E-state index in [1.54, 1.807) is 17.7 Å². The molecule has 1 aliphatic rings. The number of hydrogen-bond donors (Lipinski definition) is 2. The number of H-pyrrole nitrogens is 1. The van der Waals surface area contributed by atoms with Gasteiger partial charge in [-0.15, -0.1) is 11.3 Å². The molecule has 1 aliphatic heterocycles. The first kappa shape index (κ1) is 10.2. The minimum Gasteiger partial charge on any atom is -0.345 e. The zero-order valence-corrected chi connectivity index (χ0v) is 10.5. The second-order valence-corrected chi connectivity index (χ2v) is 5.45. The molecule has 0 saturated carbocycles. The molecule has 2 aromatic heterocycles. The Hall–Kier alpha value is -1.72. The number of aromatic amines is 1. The zero-order valence-electron chi connectivity index (χ0n) is 9.68. The zero-order chi connectivity index (χ0) is 11.9. The number of aromatic nitrogens is 3. The van der Waals surface area contributed by atoms with E-state index in [-0.39, 0.29) is 0 Å². The van der Waals surface area contributed by atoms with Crippen molar-refractivity contribution in [3.05, 3.63) is 34.9 Å². The van der Waals surface area contributed by atoms with Crippen LogP contribution in [0.1, 0.15) is 10.9 Å². The van der Waals surface area contributed by atoms with Crippen molar-refractivity contribution in [1.29, 1.82) is 0 Å². The van der Waals surface area contributed by atoms with Crippen molar-refractivity contribution >= 4 is 22.4 Å². The van der Waals surface area contributed by atoms with Gasteiger partial charge < -0.3 is 10.3 Å². The van der Waals surface area contributed by atoms with Crippen molar-refractivity contribution in [3.63, 3.8) is 0 Å². The average Bonchev–Trinajstić information content (AvgIpc) is 2.93. The summed E-state index contributed by atoms with van der Waals surface area (Å²) < 4.78 is 0. The van der Waals surface area contributed by atoms with E-state index >= 15 is 0 Å². The molecule has 0 unspecified atom stereocenters. The maximum Gasteiger partial charge on any atom is 0.0989 e. The van der Waals surface area contributed by atoms with Crippen LogP contribution in [0.15, 0.2) is 29.9 Å². The van der Waals surface area contributed by atoms with Gasteiger partial charge in [0.25, 0.3) is 0 Å². The minimum atomic E-state index is 0.611. The monoisotopic (exact) mass is 256 g/mol. The van der Waals surface area contributed by atoms with Crippen LogP contribution in [0.25, 0.3) is 22.3 Å². The summed E-state index contributed by atoms with van der Waals surface area (Å²) >= 11 is 1.76. The normalized spacial score (nSPS) is 16.0. The second-order valence-electron chi connectivity index (χ2n) is 4.56. The summed E-state index contributed by atoms with van der Waals surface area (Å²) in [5, 5.41) is 6.67. The highest BCUT2D eigenvalue weighted by Crippen LogP contribution is 2.29. The van der Waals surface area contributed by atoms with E-state index in [4.69, 9.17) is 4.98 Å². The number of fused-ring (bicyclic) bond motifs is 1. The highest BCUT2D eigenvalue weighted by Gasteiger charge is 2.22. The first-order chi connectivity index (χ1) is 8.90. The molecule has 1 fully saturated rings. The fourth-order valence-corrected chi connectivity index (χ4v) is 3.10. The number of hydrogen-bond acceptors (Lipinski definition) is 4. The van der Waals surface area contributed by atoms with Gasteiger partial charge in [0.2, 0.25) is 0 Å². The van der Waals surface area contributed by atoms with Gasteiger partial charge in [-0.2, -0.15) is 0 Å². The number of rotatable bonds is 2. The minimum absolute atomic E-state index is 0.611. The van der Waals surface area contributed by atoms with Crippen LogP contribution in [0.3, 0.4) is 0 Å². The van der Waals surface area contributed by atoms with E-state index in [9.17, 15) is 0 Å². The van der Waals surface area contributed by atoms with Crippen molar-refractivity contribution in [2.24, 2.45) is 0 Å². The maximum atomic E-state index is 4.74. The predicted octanol–water partition coefficient (Wildman–Crippen LogP) is 2.37. The molecular weight excluding hydrogens is 244 g/mol.